The van der Waals surface area contributed by atoms with Gasteiger partial charge in [-0.2, -0.15) is 4.31 Å². The summed E-state index contributed by atoms with van der Waals surface area (Å²) >= 11 is 0. The zero-order valence-electron chi connectivity index (χ0n) is 18.2. The largest absolute Gasteiger partial charge is 0.326 e. The van der Waals surface area contributed by atoms with E-state index in [0.29, 0.717) is 36.3 Å². The van der Waals surface area contributed by atoms with Gasteiger partial charge in [-0.25, -0.2) is 8.42 Å². The molecule has 4 rings (SSSR count). The lowest BCUT2D eigenvalue weighted by Crippen LogP contribution is -2.39. The highest BCUT2D eigenvalue weighted by Gasteiger charge is 2.28. The van der Waals surface area contributed by atoms with Crippen molar-refractivity contribution in [3.8, 4) is 11.4 Å². The summed E-state index contributed by atoms with van der Waals surface area (Å²) in [6, 6.07) is 16.0. The van der Waals surface area contributed by atoms with Crippen molar-refractivity contribution in [1.29, 1.82) is 0 Å². The molecule has 0 radical (unpaired) electrons. The van der Waals surface area contributed by atoms with Gasteiger partial charge in [0.15, 0.2) is 5.82 Å². The Kier molecular flexibility index (Phi) is 6.38. The molecular formula is C23H27N5O3S. The molecule has 1 N–H and O–H groups in total. The van der Waals surface area contributed by atoms with Crippen LogP contribution in [-0.2, 0) is 28.3 Å². The molecule has 0 spiro atoms. The van der Waals surface area contributed by atoms with Crippen LogP contribution in [0.25, 0.3) is 11.4 Å². The summed E-state index contributed by atoms with van der Waals surface area (Å²) < 4.78 is 29.1. The predicted molar refractivity (Wildman–Crippen MR) is 122 cm³/mol. The normalized spacial score (nSPS) is 17.2. The van der Waals surface area contributed by atoms with E-state index >= 15 is 0 Å². The maximum atomic E-state index is 12.9. The van der Waals surface area contributed by atoms with Gasteiger partial charge in [-0.05, 0) is 43.0 Å². The van der Waals surface area contributed by atoms with Crippen LogP contribution in [0.4, 0.5) is 5.69 Å². The van der Waals surface area contributed by atoms with Crippen molar-refractivity contribution in [3.63, 3.8) is 0 Å². The van der Waals surface area contributed by atoms with Gasteiger partial charge in [-0.1, -0.05) is 37.3 Å². The van der Waals surface area contributed by atoms with Crippen LogP contribution >= 0.6 is 0 Å². The third-order valence-corrected chi connectivity index (χ3v) is 7.59. The standard InChI is InChI=1S/C23H27N5O3S/c1-17-7-6-14-28(16-17)32(30,31)20-12-10-19(11-13-20)24-22(29)15-21-25-26-23(27(21)2)18-8-4-3-5-9-18/h3-5,8-13,17H,6-7,14-16H2,1-2H3,(H,24,29)/t17-/m1/s1. The third kappa shape index (κ3) is 4.73. The van der Waals surface area contributed by atoms with Crippen molar-refractivity contribution in [2.75, 3.05) is 18.4 Å². The Balaban J connectivity index is 1.41. The van der Waals surface area contributed by atoms with Gasteiger partial charge < -0.3 is 9.88 Å². The molecule has 168 valence electrons. The molecule has 1 atom stereocenters. The van der Waals surface area contributed by atoms with Crippen molar-refractivity contribution in [1.82, 2.24) is 19.1 Å². The molecule has 2 aromatic carbocycles. The molecule has 0 aliphatic carbocycles. The van der Waals surface area contributed by atoms with E-state index in [0.717, 1.165) is 18.4 Å². The molecule has 9 heteroatoms. The first-order valence-electron chi connectivity index (χ1n) is 10.7. The molecule has 0 bridgehead atoms. The second-order valence-corrected chi connectivity index (χ2v) is 10.2. The van der Waals surface area contributed by atoms with Gasteiger partial charge in [-0.15, -0.1) is 10.2 Å². The van der Waals surface area contributed by atoms with Crippen LogP contribution in [0, 0.1) is 5.92 Å². The number of aromatic nitrogens is 3. The molecule has 2 heterocycles. The highest BCUT2D eigenvalue weighted by atomic mass is 32.2. The van der Waals surface area contributed by atoms with Crippen LogP contribution in [0.5, 0.6) is 0 Å². The molecule has 1 aromatic heterocycles. The van der Waals surface area contributed by atoms with Crippen molar-refractivity contribution in [3.05, 3.63) is 60.4 Å². The van der Waals surface area contributed by atoms with E-state index in [1.54, 1.807) is 33.1 Å². The van der Waals surface area contributed by atoms with Gasteiger partial charge in [0.25, 0.3) is 0 Å². The topological polar surface area (TPSA) is 97.2 Å². The number of piperidine rings is 1. The van der Waals surface area contributed by atoms with E-state index in [-0.39, 0.29) is 17.2 Å². The fourth-order valence-electron chi connectivity index (χ4n) is 3.93. The van der Waals surface area contributed by atoms with Gasteiger partial charge in [-0.3, -0.25) is 4.79 Å². The first-order chi connectivity index (χ1) is 15.3. The van der Waals surface area contributed by atoms with Crippen molar-refractivity contribution in [2.45, 2.75) is 31.1 Å². The zero-order valence-corrected chi connectivity index (χ0v) is 19.0. The Morgan fingerprint density at radius 2 is 1.81 bits per heavy atom. The number of rotatable bonds is 6. The number of nitrogens with one attached hydrogen (secondary N) is 1. The molecule has 1 fully saturated rings. The van der Waals surface area contributed by atoms with Crippen LogP contribution in [-0.4, -0.2) is 46.5 Å². The second kappa shape index (κ2) is 9.22. The van der Waals surface area contributed by atoms with Crippen molar-refractivity contribution < 1.29 is 13.2 Å². The third-order valence-electron chi connectivity index (χ3n) is 5.71. The van der Waals surface area contributed by atoms with Gasteiger partial charge in [0.2, 0.25) is 15.9 Å². The van der Waals surface area contributed by atoms with E-state index in [1.807, 2.05) is 37.4 Å². The van der Waals surface area contributed by atoms with Crippen LogP contribution < -0.4 is 5.32 Å². The number of hydrogen-bond donors (Lipinski definition) is 1. The van der Waals surface area contributed by atoms with Gasteiger partial charge in [0.1, 0.15) is 5.82 Å². The number of carbonyl (C=O) groups is 1. The summed E-state index contributed by atoms with van der Waals surface area (Å²) in [4.78, 5) is 12.8. The number of amides is 1. The van der Waals surface area contributed by atoms with Crippen LogP contribution in [0.1, 0.15) is 25.6 Å². The summed E-state index contributed by atoms with van der Waals surface area (Å²) in [5, 5.41) is 11.1. The Bertz CT molecular complexity index is 1190. The molecule has 32 heavy (non-hydrogen) atoms. The van der Waals surface area contributed by atoms with E-state index in [1.165, 1.54) is 0 Å². The van der Waals surface area contributed by atoms with Crippen molar-refractivity contribution >= 4 is 21.6 Å². The minimum atomic E-state index is -3.52. The first-order valence-corrected chi connectivity index (χ1v) is 12.1. The highest BCUT2D eigenvalue weighted by molar-refractivity contribution is 7.89. The van der Waals surface area contributed by atoms with Crippen LogP contribution in [0.3, 0.4) is 0 Å². The van der Waals surface area contributed by atoms with E-state index in [4.69, 9.17) is 0 Å². The minimum absolute atomic E-state index is 0.0576. The first kappa shape index (κ1) is 22.2. The lowest BCUT2D eigenvalue weighted by molar-refractivity contribution is -0.115. The highest BCUT2D eigenvalue weighted by Crippen LogP contribution is 2.24. The Morgan fingerprint density at radius 1 is 1.09 bits per heavy atom. The number of anilines is 1. The molecule has 8 nitrogen and oxygen atoms in total. The average molecular weight is 454 g/mol. The maximum absolute atomic E-state index is 12.9. The van der Waals surface area contributed by atoms with E-state index < -0.39 is 10.0 Å². The Morgan fingerprint density at radius 3 is 2.50 bits per heavy atom. The predicted octanol–water partition coefficient (Wildman–Crippen LogP) is 3.08. The fraction of sp³-hybridized carbons (Fsp3) is 0.348. The van der Waals surface area contributed by atoms with E-state index in [2.05, 4.69) is 22.4 Å². The van der Waals surface area contributed by atoms with Crippen LogP contribution in [0.15, 0.2) is 59.5 Å². The Labute approximate surface area is 188 Å². The lowest BCUT2D eigenvalue weighted by Gasteiger charge is -2.30. The number of sulfonamides is 1. The number of benzene rings is 2. The molecule has 1 amide bonds. The molecule has 3 aromatic rings. The summed E-state index contributed by atoms with van der Waals surface area (Å²) in [6.07, 6.45) is 1.99. The smallest absolute Gasteiger partial charge is 0.243 e. The SMILES string of the molecule is C[C@@H]1CCCN(S(=O)(=O)c2ccc(NC(=O)Cc3nnc(-c4ccccc4)n3C)cc2)C1. The minimum Gasteiger partial charge on any atom is -0.326 e. The molecule has 0 saturated carbocycles. The monoisotopic (exact) mass is 453 g/mol. The summed E-state index contributed by atoms with van der Waals surface area (Å²) in [7, 11) is -1.69. The molecule has 0 unspecified atom stereocenters. The van der Waals surface area contributed by atoms with Gasteiger partial charge in [0.05, 0.1) is 11.3 Å². The average Bonchev–Trinajstić information content (AvgIpc) is 3.14. The number of nitrogens with zero attached hydrogens (tertiary/aromatic N) is 4. The van der Waals surface area contributed by atoms with Gasteiger partial charge in [0, 0.05) is 31.4 Å². The van der Waals surface area contributed by atoms with Crippen molar-refractivity contribution in [2.24, 2.45) is 13.0 Å². The molecule has 1 aliphatic rings. The lowest BCUT2D eigenvalue weighted by atomic mass is 10.0. The number of hydrogen-bond acceptors (Lipinski definition) is 5. The second-order valence-electron chi connectivity index (χ2n) is 8.22. The fourth-order valence-corrected chi connectivity index (χ4v) is 5.53. The maximum Gasteiger partial charge on any atom is 0.243 e. The molecular weight excluding hydrogens is 426 g/mol. The summed E-state index contributed by atoms with van der Waals surface area (Å²) in [6.45, 7) is 3.16. The molecule has 1 saturated heterocycles. The number of carbonyl (C=O) groups excluding carboxylic acids is 1. The zero-order chi connectivity index (χ0) is 22.7. The Hall–Kier alpha value is -3.04. The summed E-state index contributed by atoms with van der Waals surface area (Å²) in [5.41, 5.74) is 1.46. The summed E-state index contributed by atoms with van der Waals surface area (Å²) in [5.74, 6) is 1.34. The molecule has 1 aliphatic heterocycles. The van der Waals surface area contributed by atoms with Crippen LogP contribution in [0.2, 0.25) is 0 Å². The van der Waals surface area contributed by atoms with Gasteiger partial charge >= 0.3 is 0 Å². The van der Waals surface area contributed by atoms with E-state index in [9.17, 15) is 13.2 Å². The quantitative estimate of drug-likeness (QED) is 0.619.